The molecule has 1 aromatic rings. The summed E-state index contributed by atoms with van der Waals surface area (Å²) in [6.45, 7) is 2.66. The van der Waals surface area contributed by atoms with Gasteiger partial charge in [-0.1, -0.05) is 25.3 Å². The van der Waals surface area contributed by atoms with Crippen LogP contribution in [0.3, 0.4) is 0 Å². The minimum Gasteiger partial charge on any atom is -0.508 e. The Kier molecular flexibility index (Phi) is 7.65. The number of phenolic OH excluding ortho intramolecular Hbond substituents is 1. The van der Waals surface area contributed by atoms with E-state index >= 15 is 0 Å². The monoisotopic (exact) mass is 435 g/mol. The molecule has 0 bridgehead atoms. The van der Waals surface area contributed by atoms with Gasteiger partial charge in [-0.2, -0.15) is 12.6 Å². The third-order valence-electron chi connectivity index (χ3n) is 6.78. The average molecular weight is 436 g/mol. The molecule has 3 rings (SSSR count). The van der Waals surface area contributed by atoms with Crippen LogP contribution in [0, 0.1) is 18.8 Å². The quantitative estimate of drug-likeness (QED) is 0.416. The highest BCUT2D eigenvalue weighted by Gasteiger charge is 2.40. The number of benzene rings is 1. The molecular formula is C22H33N3O4S. The molecule has 1 aliphatic carbocycles. The minimum absolute atomic E-state index is 0.0466. The first-order valence-corrected chi connectivity index (χ1v) is 11.4. The smallest absolute Gasteiger partial charge is 0.252 e. The maximum atomic E-state index is 12.7. The number of likely N-dealkylation sites (tertiary alicyclic amines) is 1. The Hall–Kier alpha value is -1.77. The highest BCUT2D eigenvalue weighted by molar-refractivity contribution is 7.80. The van der Waals surface area contributed by atoms with E-state index < -0.39 is 12.1 Å². The van der Waals surface area contributed by atoms with Crippen LogP contribution in [0.15, 0.2) is 18.2 Å². The molecule has 1 saturated heterocycles. The third kappa shape index (κ3) is 5.10. The van der Waals surface area contributed by atoms with Gasteiger partial charge >= 0.3 is 0 Å². The van der Waals surface area contributed by atoms with Crippen molar-refractivity contribution < 1.29 is 19.8 Å². The van der Waals surface area contributed by atoms with E-state index in [9.17, 15) is 19.8 Å². The number of nitrogens with two attached hydrogens (primary N) is 1. The number of aromatic hydroxyl groups is 1. The molecule has 2 aliphatic rings. The van der Waals surface area contributed by atoms with E-state index in [4.69, 9.17) is 5.73 Å². The molecule has 5 atom stereocenters. The van der Waals surface area contributed by atoms with Crippen LogP contribution in [-0.4, -0.2) is 64.0 Å². The molecule has 1 saturated carbocycles. The SMILES string of the molecule is Cc1c(O)cccc1C(=O)NC(CS)C(O)CN1CC2CCCCC2CC1C(N)=O. The van der Waals surface area contributed by atoms with Crippen LogP contribution in [-0.2, 0) is 4.79 Å². The zero-order valence-electron chi connectivity index (χ0n) is 17.5. The van der Waals surface area contributed by atoms with E-state index in [1.54, 1.807) is 19.1 Å². The van der Waals surface area contributed by atoms with Gasteiger partial charge < -0.3 is 21.3 Å². The van der Waals surface area contributed by atoms with Crippen molar-refractivity contribution >= 4 is 24.4 Å². The molecule has 166 valence electrons. The number of nitrogens with zero attached hydrogens (tertiary/aromatic N) is 1. The lowest BCUT2D eigenvalue weighted by Gasteiger charge is -2.46. The number of β-amino-alcohol motifs (C(OH)–C–C–N with tert-alkyl or cyclic N) is 1. The number of carbonyl (C=O) groups is 2. The summed E-state index contributed by atoms with van der Waals surface area (Å²) in [5.41, 5.74) is 6.52. The summed E-state index contributed by atoms with van der Waals surface area (Å²) in [6.07, 6.45) is 4.54. The number of nitrogens with one attached hydrogen (secondary N) is 1. The fourth-order valence-corrected chi connectivity index (χ4v) is 5.28. The predicted octanol–water partition coefficient (Wildman–Crippen LogP) is 1.46. The largest absolute Gasteiger partial charge is 0.508 e. The molecule has 1 aliphatic heterocycles. The number of fused-ring (bicyclic) bond motifs is 1. The second kappa shape index (κ2) is 10.0. The first-order chi connectivity index (χ1) is 14.3. The highest BCUT2D eigenvalue weighted by Crippen LogP contribution is 2.38. The number of thiol groups is 1. The molecule has 2 amide bonds. The van der Waals surface area contributed by atoms with Gasteiger partial charge in [0.1, 0.15) is 5.75 Å². The molecule has 5 N–H and O–H groups in total. The van der Waals surface area contributed by atoms with Crippen molar-refractivity contribution in [2.45, 2.75) is 57.2 Å². The van der Waals surface area contributed by atoms with Gasteiger partial charge in [0.15, 0.2) is 0 Å². The zero-order chi connectivity index (χ0) is 21.8. The Morgan fingerprint density at radius 1 is 1.30 bits per heavy atom. The Balaban J connectivity index is 1.67. The van der Waals surface area contributed by atoms with Crippen molar-refractivity contribution in [1.29, 1.82) is 0 Å². The number of aliphatic hydroxyl groups is 1. The van der Waals surface area contributed by atoms with Crippen LogP contribution < -0.4 is 11.1 Å². The molecule has 30 heavy (non-hydrogen) atoms. The second-order valence-corrected chi connectivity index (χ2v) is 9.06. The molecule has 0 aromatic heterocycles. The van der Waals surface area contributed by atoms with Crippen LogP contribution >= 0.6 is 12.6 Å². The van der Waals surface area contributed by atoms with E-state index in [-0.39, 0.29) is 35.9 Å². The maximum Gasteiger partial charge on any atom is 0.252 e. The lowest BCUT2D eigenvalue weighted by atomic mass is 9.72. The molecule has 8 heteroatoms. The minimum atomic E-state index is -0.897. The summed E-state index contributed by atoms with van der Waals surface area (Å²) in [4.78, 5) is 26.8. The average Bonchev–Trinajstić information content (AvgIpc) is 2.73. The van der Waals surface area contributed by atoms with Crippen molar-refractivity contribution in [3.8, 4) is 5.75 Å². The molecule has 7 nitrogen and oxygen atoms in total. The molecular weight excluding hydrogens is 402 g/mol. The third-order valence-corrected chi connectivity index (χ3v) is 7.17. The number of rotatable bonds is 7. The van der Waals surface area contributed by atoms with E-state index in [1.165, 1.54) is 18.9 Å². The van der Waals surface area contributed by atoms with Gasteiger partial charge in [0.2, 0.25) is 5.91 Å². The second-order valence-electron chi connectivity index (χ2n) is 8.69. The van der Waals surface area contributed by atoms with Gasteiger partial charge in [-0.25, -0.2) is 0 Å². The van der Waals surface area contributed by atoms with E-state index in [2.05, 4.69) is 17.9 Å². The lowest BCUT2D eigenvalue weighted by Crippen LogP contribution is -2.58. The summed E-state index contributed by atoms with van der Waals surface area (Å²) in [5.74, 6) is 0.614. The van der Waals surface area contributed by atoms with Gasteiger partial charge in [-0.15, -0.1) is 0 Å². The first kappa shape index (κ1) is 22.9. The topological polar surface area (TPSA) is 116 Å². The van der Waals surface area contributed by atoms with Gasteiger partial charge in [-0.3, -0.25) is 14.5 Å². The number of hydrogen-bond donors (Lipinski definition) is 5. The number of piperidine rings is 1. The van der Waals surface area contributed by atoms with Gasteiger partial charge in [0, 0.05) is 30.0 Å². The van der Waals surface area contributed by atoms with Crippen LogP contribution in [0.25, 0.3) is 0 Å². The van der Waals surface area contributed by atoms with E-state index in [0.29, 0.717) is 23.0 Å². The summed E-state index contributed by atoms with van der Waals surface area (Å²) in [6, 6.07) is 3.78. The van der Waals surface area contributed by atoms with E-state index in [1.807, 2.05) is 4.90 Å². The fraction of sp³-hybridized carbons (Fsp3) is 0.636. The Bertz CT molecular complexity index is 775. The molecule has 1 aromatic carbocycles. The van der Waals surface area contributed by atoms with E-state index in [0.717, 1.165) is 25.8 Å². The normalized spacial score (nSPS) is 26.4. The van der Waals surface area contributed by atoms with Gasteiger partial charge in [0.05, 0.1) is 18.2 Å². The van der Waals surface area contributed by atoms with Crippen molar-refractivity contribution in [2.75, 3.05) is 18.8 Å². The Morgan fingerprint density at radius 2 is 2.00 bits per heavy atom. The van der Waals surface area contributed by atoms with Gasteiger partial charge in [-0.05, 0) is 43.7 Å². The van der Waals surface area contributed by atoms with Gasteiger partial charge in [0.25, 0.3) is 5.91 Å². The van der Waals surface area contributed by atoms with Crippen molar-refractivity contribution in [3.63, 3.8) is 0 Å². The maximum absolute atomic E-state index is 12.7. The Labute approximate surface area is 183 Å². The van der Waals surface area contributed by atoms with Crippen LogP contribution in [0.2, 0.25) is 0 Å². The van der Waals surface area contributed by atoms with Crippen molar-refractivity contribution in [1.82, 2.24) is 10.2 Å². The molecule has 5 unspecified atom stereocenters. The van der Waals surface area contributed by atoms with Crippen molar-refractivity contribution in [2.24, 2.45) is 17.6 Å². The molecule has 0 spiro atoms. The first-order valence-electron chi connectivity index (χ1n) is 10.7. The number of carbonyl (C=O) groups excluding carboxylic acids is 2. The van der Waals surface area contributed by atoms with Crippen LogP contribution in [0.1, 0.15) is 48.0 Å². The predicted molar refractivity (Wildman–Crippen MR) is 119 cm³/mol. The van der Waals surface area contributed by atoms with Crippen LogP contribution in [0.5, 0.6) is 5.75 Å². The highest BCUT2D eigenvalue weighted by atomic mass is 32.1. The number of amides is 2. The molecule has 0 radical (unpaired) electrons. The molecule has 2 fully saturated rings. The number of primary amides is 1. The summed E-state index contributed by atoms with van der Waals surface area (Å²) in [7, 11) is 0. The van der Waals surface area contributed by atoms with Crippen molar-refractivity contribution in [3.05, 3.63) is 29.3 Å². The summed E-state index contributed by atoms with van der Waals surface area (Å²) < 4.78 is 0. The Morgan fingerprint density at radius 3 is 2.67 bits per heavy atom. The van der Waals surface area contributed by atoms with Crippen LogP contribution in [0.4, 0.5) is 0 Å². The fourth-order valence-electron chi connectivity index (χ4n) is 4.94. The number of hydrogen-bond acceptors (Lipinski definition) is 6. The summed E-state index contributed by atoms with van der Waals surface area (Å²) in [5, 5.41) is 23.5. The summed E-state index contributed by atoms with van der Waals surface area (Å²) >= 11 is 4.31. The number of aliphatic hydroxyl groups excluding tert-OH is 1. The standard InChI is InChI=1S/C22H33N3O4S/c1-13-16(7-4-8-19(13)26)22(29)24-17(12-30)20(27)11-25-10-15-6-3-2-5-14(15)9-18(25)21(23)28/h4,7-8,14-15,17-18,20,26-27,30H,2-3,5-6,9-12H2,1H3,(H2,23,28)(H,24,29). The zero-order valence-corrected chi connectivity index (χ0v) is 18.4. The molecule has 1 heterocycles. The number of phenols is 1. The lowest BCUT2D eigenvalue weighted by molar-refractivity contribution is -0.127.